The van der Waals surface area contributed by atoms with Gasteiger partial charge in [-0.1, -0.05) is 32.0 Å². The van der Waals surface area contributed by atoms with Crippen LogP contribution in [0, 0.1) is 5.92 Å². The molecule has 2 aromatic carbocycles. The SMILES string of the molecule is CC(C)[C@@H]1CN(c2ccc(-c3ccc(C(F)(F)F)cc3)c(S(C)(=O)=O)c2)CCN1C(=O)OC(C)(C)C. The molecule has 10 heteroatoms. The molecule has 1 saturated heterocycles. The zero-order valence-corrected chi connectivity index (χ0v) is 22.2. The number of anilines is 1. The Labute approximate surface area is 211 Å². The summed E-state index contributed by atoms with van der Waals surface area (Å²) in [4.78, 5) is 16.6. The topological polar surface area (TPSA) is 66.9 Å². The number of amides is 1. The highest BCUT2D eigenvalue weighted by molar-refractivity contribution is 7.90. The van der Waals surface area contributed by atoms with E-state index in [-0.39, 0.29) is 22.9 Å². The van der Waals surface area contributed by atoms with Crippen LogP contribution in [0.1, 0.15) is 40.2 Å². The summed E-state index contributed by atoms with van der Waals surface area (Å²) in [5, 5.41) is 0. The first-order valence-corrected chi connectivity index (χ1v) is 13.6. The molecule has 1 aliphatic heterocycles. The van der Waals surface area contributed by atoms with Gasteiger partial charge < -0.3 is 14.5 Å². The number of hydrogen-bond acceptors (Lipinski definition) is 5. The van der Waals surface area contributed by atoms with Gasteiger partial charge in [-0.2, -0.15) is 13.2 Å². The molecule has 2 aromatic rings. The molecule has 1 fully saturated rings. The van der Waals surface area contributed by atoms with Crippen LogP contribution in [-0.2, 0) is 20.8 Å². The van der Waals surface area contributed by atoms with Gasteiger partial charge in [0.1, 0.15) is 5.60 Å². The lowest BCUT2D eigenvalue weighted by atomic mass is 9.99. The van der Waals surface area contributed by atoms with E-state index in [2.05, 4.69) is 0 Å². The molecule has 3 rings (SSSR count). The van der Waals surface area contributed by atoms with E-state index in [0.29, 0.717) is 36.4 Å². The van der Waals surface area contributed by atoms with Gasteiger partial charge in [-0.05, 0) is 56.5 Å². The fraction of sp³-hybridized carbons (Fsp3) is 0.500. The Bertz CT molecular complexity index is 1200. The maximum absolute atomic E-state index is 13.0. The lowest BCUT2D eigenvalue weighted by Crippen LogP contribution is -2.58. The molecule has 0 aliphatic carbocycles. The highest BCUT2D eigenvalue weighted by atomic mass is 32.2. The van der Waals surface area contributed by atoms with Crippen LogP contribution in [0.3, 0.4) is 0 Å². The van der Waals surface area contributed by atoms with Crippen LogP contribution in [-0.4, -0.2) is 56.9 Å². The third kappa shape index (κ3) is 6.52. The average Bonchev–Trinajstić information content (AvgIpc) is 2.76. The first kappa shape index (κ1) is 27.8. The van der Waals surface area contributed by atoms with Gasteiger partial charge in [0, 0.05) is 37.1 Å². The van der Waals surface area contributed by atoms with Gasteiger partial charge in [-0.15, -0.1) is 0 Å². The van der Waals surface area contributed by atoms with Crippen molar-refractivity contribution >= 4 is 21.6 Å². The van der Waals surface area contributed by atoms with E-state index in [4.69, 9.17) is 4.74 Å². The number of piperazine rings is 1. The molecule has 1 heterocycles. The Balaban J connectivity index is 1.93. The Morgan fingerprint density at radius 2 is 1.64 bits per heavy atom. The van der Waals surface area contributed by atoms with E-state index < -0.39 is 27.2 Å². The second-order valence-corrected chi connectivity index (χ2v) is 12.4. The Hall–Kier alpha value is -2.75. The molecule has 0 spiro atoms. The molecule has 198 valence electrons. The predicted octanol–water partition coefficient (Wildman–Crippen LogP) is 5.86. The number of carbonyl (C=O) groups is 1. The lowest BCUT2D eigenvalue weighted by Gasteiger charge is -2.44. The van der Waals surface area contributed by atoms with E-state index >= 15 is 0 Å². The number of halogens is 3. The molecule has 36 heavy (non-hydrogen) atoms. The van der Waals surface area contributed by atoms with Gasteiger partial charge in [0.15, 0.2) is 9.84 Å². The monoisotopic (exact) mass is 526 g/mol. The molecule has 1 amide bonds. The van der Waals surface area contributed by atoms with Crippen molar-refractivity contribution in [2.75, 3.05) is 30.8 Å². The zero-order chi connectivity index (χ0) is 27.1. The minimum atomic E-state index is -4.48. The number of sulfone groups is 1. The largest absolute Gasteiger partial charge is 0.444 e. The van der Waals surface area contributed by atoms with E-state index in [1.54, 1.807) is 23.1 Å². The number of nitrogens with zero attached hydrogens (tertiary/aromatic N) is 2. The quantitative estimate of drug-likeness (QED) is 0.500. The number of ether oxygens (including phenoxy) is 1. The summed E-state index contributed by atoms with van der Waals surface area (Å²) in [5.74, 6) is 0.126. The number of rotatable bonds is 4. The first-order valence-electron chi connectivity index (χ1n) is 11.7. The maximum Gasteiger partial charge on any atom is 0.416 e. The van der Waals surface area contributed by atoms with Crippen LogP contribution < -0.4 is 4.90 Å². The normalized spacial score (nSPS) is 17.4. The van der Waals surface area contributed by atoms with Gasteiger partial charge in [-0.3, -0.25) is 0 Å². The molecule has 0 aromatic heterocycles. The highest BCUT2D eigenvalue weighted by Crippen LogP contribution is 2.35. The van der Waals surface area contributed by atoms with Crippen molar-refractivity contribution in [2.24, 2.45) is 5.92 Å². The zero-order valence-electron chi connectivity index (χ0n) is 21.4. The summed E-state index contributed by atoms with van der Waals surface area (Å²) in [5.41, 5.74) is -0.0339. The molecule has 6 nitrogen and oxygen atoms in total. The van der Waals surface area contributed by atoms with Crippen LogP contribution in [0.4, 0.5) is 23.7 Å². The molecular formula is C26H33F3N2O4S. The maximum atomic E-state index is 13.0. The minimum absolute atomic E-state index is 0.0374. The summed E-state index contributed by atoms with van der Waals surface area (Å²) in [6.07, 6.45) is -3.77. The van der Waals surface area contributed by atoms with Gasteiger partial charge in [-0.25, -0.2) is 13.2 Å². The van der Waals surface area contributed by atoms with Crippen molar-refractivity contribution in [2.45, 2.75) is 57.3 Å². The average molecular weight is 527 g/mol. The molecular weight excluding hydrogens is 493 g/mol. The Morgan fingerprint density at radius 3 is 2.14 bits per heavy atom. The summed E-state index contributed by atoms with van der Waals surface area (Å²) in [6, 6.07) is 9.24. The van der Waals surface area contributed by atoms with Crippen LogP contribution in [0.2, 0.25) is 0 Å². The van der Waals surface area contributed by atoms with E-state index in [9.17, 15) is 26.4 Å². The molecule has 0 saturated carbocycles. The molecule has 0 N–H and O–H groups in total. The Kier molecular flexibility index (Phi) is 7.70. The van der Waals surface area contributed by atoms with Crippen molar-refractivity contribution in [3.05, 3.63) is 48.0 Å². The predicted molar refractivity (Wildman–Crippen MR) is 134 cm³/mol. The molecule has 1 atom stereocenters. The first-order chi connectivity index (χ1) is 16.5. The number of alkyl halides is 3. The van der Waals surface area contributed by atoms with Crippen LogP contribution in [0.25, 0.3) is 11.1 Å². The Morgan fingerprint density at radius 1 is 1.03 bits per heavy atom. The van der Waals surface area contributed by atoms with E-state index in [1.807, 2.05) is 39.5 Å². The third-order valence-electron chi connectivity index (χ3n) is 6.07. The van der Waals surface area contributed by atoms with Crippen molar-refractivity contribution in [3.63, 3.8) is 0 Å². The smallest absolute Gasteiger partial charge is 0.416 e. The van der Waals surface area contributed by atoms with Crippen molar-refractivity contribution < 1.29 is 31.1 Å². The summed E-state index contributed by atoms with van der Waals surface area (Å²) >= 11 is 0. The fourth-order valence-electron chi connectivity index (χ4n) is 4.25. The lowest BCUT2D eigenvalue weighted by molar-refractivity contribution is -0.137. The van der Waals surface area contributed by atoms with Crippen molar-refractivity contribution in [1.82, 2.24) is 4.90 Å². The number of benzene rings is 2. The van der Waals surface area contributed by atoms with E-state index in [1.165, 1.54) is 12.1 Å². The number of carbonyl (C=O) groups excluding carboxylic acids is 1. The van der Waals surface area contributed by atoms with Crippen LogP contribution in [0.15, 0.2) is 47.4 Å². The van der Waals surface area contributed by atoms with Crippen molar-refractivity contribution in [1.29, 1.82) is 0 Å². The van der Waals surface area contributed by atoms with Gasteiger partial charge in [0.2, 0.25) is 0 Å². The van der Waals surface area contributed by atoms with Gasteiger partial charge in [0.05, 0.1) is 16.5 Å². The highest BCUT2D eigenvalue weighted by Gasteiger charge is 2.35. The molecule has 0 bridgehead atoms. The summed E-state index contributed by atoms with van der Waals surface area (Å²) < 4.78 is 69.8. The summed E-state index contributed by atoms with van der Waals surface area (Å²) in [6.45, 7) is 10.9. The summed E-state index contributed by atoms with van der Waals surface area (Å²) in [7, 11) is -3.69. The van der Waals surface area contributed by atoms with Crippen LogP contribution >= 0.6 is 0 Å². The van der Waals surface area contributed by atoms with Crippen molar-refractivity contribution in [3.8, 4) is 11.1 Å². The number of hydrogen-bond donors (Lipinski definition) is 0. The molecule has 1 aliphatic rings. The van der Waals surface area contributed by atoms with Gasteiger partial charge >= 0.3 is 12.3 Å². The second-order valence-electron chi connectivity index (χ2n) is 10.5. The van der Waals surface area contributed by atoms with Gasteiger partial charge in [0.25, 0.3) is 0 Å². The minimum Gasteiger partial charge on any atom is -0.444 e. The van der Waals surface area contributed by atoms with Crippen LogP contribution in [0.5, 0.6) is 0 Å². The molecule has 0 radical (unpaired) electrons. The fourth-order valence-corrected chi connectivity index (χ4v) is 5.17. The molecule has 0 unspecified atom stereocenters. The second kappa shape index (κ2) is 9.95. The van der Waals surface area contributed by atoms with E-state index in [0.717, 1.165) is 18.4 Å². The third-order valence-corrected chi connectivity index (χ3v) is 7.21. The standard InChI is InChI=1S/C26H33F3N2O4S/c1-17(2)22-16-30(13-14-31(22)24(32)35-25(3,4)5)20-11-12-21(23(15-20)36(6,33)34)18-7-9-19(10-8-18)26(27,28)29/h7-12,15,17,22H,13-14,16H2,1-6H3/t22-/m0/s1.